The standard InChI is InChI=1S/C21H26N6O2/c1-14-9-19(24-13-23-14)27-8-4-7-21(29,12-27)11-22-20(28)16-5-6-18-17(10-16)25-15(2)26(18)3/h5-6,9-10,13,29H,4,7-8,11-12H2,1-3H3,(H,22,28). The van der Waals surface area contributed by atoms with Crippen molar-refractivity contribution in [2.45, 2.75) is 32.3 Å². The van der Waals surface area contributed by atoms with Gasteiger partial charge in [0.05, 0.1) is 16.6 Å². The summed E-state index contributed by atoms with van der Waals surface area (Å²) >= 11 is 0. The average Bonchev–Trinajstić information content (AvgIpc) is 2.99. The SMILES string of the molecule is Cc1cc(N2CCCC(O)(CNC(=O)c3ccc4c(c3)nc(C)n4C)C2)ncn1. The summed E-state index contributed by atoms with van der Waals surface area (Å²) in [5.41, 5.74) is 2.20. The van der Waals surface area contributed by atoms with E-state index in [1.165, 1.54) is 6.33 Å². The summed E-state index contributed by atoms with van der Waals surface area (Å²) in [7, 11) is 1.95. The van der Waals surface area contributed by atoms with Gasteiger partial charge in [-0.15, -0.1) is 0 Å². The lowest BCUT2D eigenvalue weighted by molar-refractivity contribution is 0.0254. The van der Waals surface area contributed by atoms with E-state index in [4.69, 9.17) is 0 Å². The second-order valence-corrected chi connectivity index (χ2v) is 7.87. The minimum absolute atomic E-state index is 0.186. The number of rotatable bonds is 4. The number of nitrogens with one attached hydrogen (secondary N) is 1. The Labute approximate surface area is 169 Å². The van der Waals surface area contributed by atoms with E-state index in [9.17, 15) is 9.90 Å². The smallest absolute Gasteiger partial charge is 0.251 e. The van der Waals surface area contributed by atoms with Crippen molar-refractivity contribution >= 4 is 22.8 Å². The van der Waals surface area contributed by atoms with Crippen LogP contribution in [-0.4, -0.2) is 55.8 Å². The second kappa shape index (κ2) is 7.44. The number of anilines is 1. The van der Waals surface area contributed by atoms with Gasteiger partial charge < -0.3 is 19.9 Å². The number of carbonyl (C=O) groups is 1. The quantitative estimate of drug-likeness (QED) is 0.700. The highest BCUT2D eigenvalue weighted by atomic mass is 16.3. The number of aromatic nitrogens is 4. The first-order valence-corrected chi connectivity index (χ1v) is 9.82. The molecule has 29 heavy (non-hydrogen) atoms. The van der Waals surface area contributed by atoms with Crippen LogP contribution in [0, 0.1) is 13.8 Å². The molecule has 1 unspecified atom stereocenters. The largest absolute Gasteiger partial charge is 0.386 e. The van der Waals surface area contributed by atoms with Gasteiger partial charge in [0, 0.05) is 44.0 Å². The third-order valence-corrected chi connectivity index (χ3v) is 5.61. The van der Waals surface area contributed by atoms with Crippen molar-refractivity contribution in [3.05, 3.63) is 47.7 Å². The molecule has 152 valence electrons. The van der Waals surface area contributed by atoms with Crippen LogP contribution in [0.3, 0.4) is 0 Å². The molecule has 4 rings (SSSR count). The van der Waals surface area contributed by atoms with Crippen molar-refractivity contribution in [2.24, 2.45) is 7.05 Å². The molecular weight excluding hydrogens is 368 g/mol. The van der Waals surface area contributed by atoms with Gasteiger partial charge in [-0.2, -0.15) is 0 Å². The number of hydrogen-bond acceptors (Lipinski definition) is 6. The fourth-order valence-corrected chi connectivity index (χ4v) is 3.87. The first kappa shape index (κ1) is 19.3. The third-order valence-electron chi connectivity index (χ3n) is 5.61. The molecule has 1 saturated heterocycles. The van der Waals surface area contributed by atoms with Crippen LogP contribution < -0.4 is 10.2 Å². The van der Waals surface area contributed by atoms with E-state index in [0.29, 0.717) is 18.5 Å². The normalized spacial score (nSPS) is 19.5. The Bertz CT molecular complexity index is 1060. The van der Waals surface area contributed by atoms with E-state index in [0.717, 1.165) is 41.3 Å². The van der Waals surface area contributed by atoms with E-state index >= 15 is 0 Å². The minimum Gasteiger partial charge on any atom is -0.386 e. The van der Waals surface area contributed by atoms with Crippen LogP contribution in [0.25, 0.3) is 11.0 Å². The van der Waals surface area contributed by atoms with Crippen molar-refractivity contribution in [1.29, 1.82) is 0 Å². The molecule has 0 radical (unpaired) electrons. The molecule has 1 fully saturated rings. The molecule has 8 heteroatoms. The molecule has 1 aliphatic heterocycles. The van der Waals surface area contributed by atoms with Crippen LogP contribution in [0.4, 0.5) is 5.82 Å². The molecule has 3 heterocycles. The predicted octanol–water partition coefficient (Wildman–Crippen LogP) is 1.74. The first-order chi connectivity index (χ1) is 13.8. The topological polar surface area (TPSA) is 96.2 Å². The lowest BCUT2D eigenvalue weighted by Gasteiger charge is -2.39. The molecule has 0 saturated carbocycles. The number of aryl methyl sites for hydroxylation is 3. The number of hydrogen-bond donors (Lipinski definition) is 2. The maximum absolute atomic E-state index is 12.7. The van der Waals surface area contributed by atoms with Crippen LogP contribution >= 0.6 is 0 Å². The number of amides is 1. The highest BCUT2D eigenvalue weighted by Crippen LogP contribution is 2.25. The Morgan fingerprint density at radius 3 is 2.90 bits per heavy atom. The van der Waals surface area contributed by atoms with E-state index in [1.54, 1.807) is 12.1 Å². The summed E-state index contributed by atoms with van der Waals surface area (Å²) in [6, 6.07) is 7.39. The van der Waals surface area contributed by atoms with Crippen molar-refractivity contribution in [3.8, 4) is 0 Å². The Morgan fingerprint density at radius 2 is 2.10 bits per heavy atom. The van der Waals surface area contributed by atoms with E-state index in [2.05, 4.69) is 20.3 Å². The average molecular weight is 394 g/mol. The number of nitrogens with zero attached hydrogens (tertiary/aromatic N) is 5. The Kier molecular flexibility index (Phi) is 4.96. The Morgan fingerprint density at radius 1 is 1.28 bits per heavy atom. The molecule has 1 aromatic carbocycles. The van der Waals surface area contributed by atoms with Gasteiger partial charge in [-0.1, -0.05) is 0 Å². The van der Waals surface area contributed by atoms with Crippen LogP contribution in [0.1, 0.15) is 34.7 Å². The van der Waals surface area contributed by atoms with E-state index in [1.807, 2.05) is 42.5 Å². The fraction of sp³-hybridized carbons (Fsp3) is 0.429. The van der Waals surface area contributed by atoms with E-state index in [-0.39, 0.29) is 12.5 Å². The van der Waals surface area contributed by atoms with Gasteiger partial charge in [-0.3, -0.25) is 4.79 Å². The van der Waals surface area contributed by atoms with Gasteiger partial charge in [0.25, 0.3) is 5.91 Å². The van der Waals surface area contributed by atoms with E-state index < -0.39 is 5.60 Å². The number of β-amino-alcohol motifs (C(OH)–C–C–N with tert-alkyl or cyclic N) is 1. The number of fused-ring (bicyclic) bond motifs is 1. The Hall–Kier alpha value is -3.00. The molecule has 0 aliphatic carbocycles. The molecule has 3 aromatic rings. The summed E-state index contributed by atoms with van der Waals surface area (Å²) in [6.45, 7) is 5.28. The molecule has 1 atom stereocenters. The maximum Gasteiger partial charge on any atom is 0.251 e. The molecule has 0 bridgehead atoms. The second-order valence-electron chi connectivity index (χ2n) is 7.87. The number of aliphatic hydroxyl groups is 1. The van der Waals surface area contributed by atoms with Gasteiger partial charge in [0.1, 0.15) is 18.0 Å². The van der Waals surface area contributed by atoms with Gasteiger partial charge in [0.15, 0.2) is 0 Å². The maximum atomic E-state index is 12.7. The number of imidazole rings is 1. The molecule has 8 nitrogen and oxygen atoms in total. The molecule has 0 spiro atoms. The highest BCUT2D eigenvalue weighted by Gasteiger charge is 2.34. The zero-order valence-corrected chi connectivity index (χ0v) is 17.0. The van der Waals surface area contributed by atoms with Crippen molar-refractivity contribution in [1.82, 2.24) is 24.8 Å². The Balaban J connectivity index is 1.44. The lowest BCUT2D eigenvalue weighted by Crippen LogP contribution is -2.54. The molecular formula is C21H26N6O2. The number of carbonyl (C=O) groups excluding carboxylic acids is 1. The summed E-state index contributed by atoms with van der Waals surface area (Å²) in [5.74, 6) is 1.49. The van der Waals surface area contributed by atoms with Crippen molar-refractivity contribution in [2.75, 3.05) is 24.5 Å². The van der Waals surface area contributed by atoms with Gasteiger partial charge in [-0.05, 0) is 44.9 Å². The number of benzene rings is 1. The first-order valence-electron chi connectivity index (χ1n) is 9.82. The van der Waals surface area contributed by atoms with Crippen LogP contribution in [-0.2, 0) is 7.05 Å². The highest BCUT2D eigenvalue weighted by molar-refractivity contribution is 5.97. The molecule has 1 amide bonds. The monoisotopic (exact) mass is 394 g/mol. The van der Waals surface area contributed by atoms with Crippen molar-refractivity contribution < 1.29 is 9.90 Å². The summed E-state index contributed by atoms with van der Waals surface area (Å²) in [5, 5.41) is 14.0. The third kappa shape index (κ3) is 3.93. The number of piperidine rings is 1. The summed E-state index contributed by atoms with van der Waals surface area (Å²) in [6.07, 6.45) is 3.00. The van der Waals surface area contributed by atoms with Crippen LogP contribution in [0.2, 0.25) is 0 Å². The van der Waals surface area contributed by atoms with Gasteiger partial charge in [-0.25, -0.2) is 15.0 Å². The van der Waals surface area contributed by atoms with Gasteiger partial charge >= 0.3 is 0 Å². The summed E-state index contributed by atoms with van der Waals surface area (Å²) < 4.78 is 1.99. The van der Waals surface area contributed by atoms with Crippen LogP contribution in [0.15, 0.2) is 30.6 Å². The predicted molar refractivity (Wildman–Crippen MR) is 111 cm³/mol. The molecule has 1 aliphatic rings. The zero-order valence-electron chi connectivity index (χ0n) is 17.0. The van der Waals surface area contributed by atoms with Gasteiger partial charge in [0.2, 0.25) is 0 Å². The lowest BCUT2D eigenvalue weighted by atomic mass is 9.92. The molecule has 2 aromatic heterocycles. The zero-order chi connectivity index (χ0) is 20.6. The summed E-state index contributed by atoms with van der Waals surface area (Å²) in [4.78, 5) is 27.6. The fourth-order valence-electron chi connectivity index (χ4n) is 3.87. The van der Waals surface area contributed by atoms with Crippen molar-refractivity contribution in [3.63, 3.8) is 0 Å². The molecule has 2 N–H and O–H groups in total. The minimum atomic E-state index is -1.00. The van der Waals surface area contributed by atoms with Crippen LogP contribution in [0.5, 0.6) is 0 Å².